The van der Waals surface area contributed by atoms with Gasteiger partial charge in [-0.15, -0.1) is 0 Å². The molecule has 0 saturated heterocycles. The van der Waals surface area contributed by atoms with Crippen molar-refractivity contribution in [3.8, 4) is 0 Å². The molecule has 128 valence electrons. The first-order chi connectivity index (χ1) is 11.0. The number of rotatable bonds is 10. The predicted octanol–water partition coefficient (Wildman–Crippen LogP) is 3.07. The molecule has 0 aliphatic heterocycles. The van der Waals surface area contributed by atoms with Crippen LogP contribution in [0.4, 0.5) is 0 Å². The highest BCUT2D eigenvalue weighted by Gasteiger charge is 2.35. The minimum Gasteiger partial charge on any atom is -0.355 e. The normalized spacial score (nSPS) is 11.1. The van der Waals surface area contributed by atoms with Crippen molar-refractivity contribution in [2.75, 3.05) is 13.1 Å². The first-order valence-corrected chi connectivity index (χ1v) is 8.59. The number of hydrogen-bond acceptors (Lipinski definition) is 2. The first-order valence-electron chi connectivity index (χ1n) is 8.59. The predicted molar refractivity (Wildman–Crippen MR) is 94.1 cm³/mol. The van der Waals surface area contributed by atoms with Crippen molar-refractivity contribution in [1.82, 2.24) is 10.6 Å². The van der Waals surface area contributed by atoms with E-state index in [1.54, 1.807) is 13.8 Å². The van der Waals surface area contributed by atoms with Crippen LogP contribution < -0.4 is 10.6 Å². The minimum atomic E-state index is -1.03. The molecule has 1 rings (SSSR count). The molecule has 4 heteroatoms. The summed E-state index contributed by atoms with van der Waals surface area (Å²) in [7, 11) is 0. The molecule has 1 aromatic carbocycles. The van der Waals surface area contributed by atoms with Gasteiger partial charge in [0.05, 0.1) is 0 Å². The Bertz CT molecular complexity index is 483. The van der Waals surface area contributed by atoms with Gasteiger partial charge >= 0.3 is 0 Å². The van der Waals surface area contributed by atoms with Gasteiger partial charge in [0.2, 0.25) is 11.8 Å². The van der Waals surface area contributed by atoms with Crippen LogP contribution in [0.5, 0.6) is 0 Å². The van der Waals surface area contributed by atoms with Crippen molar-refractivity contribution in [3.05, 3.63) is 35.9 Å². The van der Waals surface area contributed by atoms with Crippen LogP contribution >= 0.6 is 0 Å². The Balaban J connectivity index is 2.29. The van der Waals surface area contributed by atoms with E-state index in [9.17, 15) is 9.59 Å². The van der Waals surface area contributed by atoms with Gasteiger partial charge in [-0.1, -0.05) is 50.1 Å². The molecule has 0 heterocycles. The molecule has 0 bridgehead atoms. The van der Waals surface area contributed by atoms with Gasteiger partial charge in [-0.05, 0) is 38.7 Å². The molecule has 2 amide bonds. The number of unbranched alkanes of at least 4 members (excludes halogenated alkanes) is 2. The van der Waals surface area contributed by atoms with Gasteiger partial charge in [-0.2, -0.15) is 0 Å². The summed E-state index contributed by atoms with van der Waals surface area (Å²) in [5.74, 6) is -0.410. The summed E-state index contributed by atoms with van der Waals surface area (Å²) < 4.78 is 0. The summed E-state index contributed by atoms with van der Waals surface area (Å²) in [6, 6.07) is 10.2. The van der Waals surface area contributed by atoms with Crippen molar-refractivity contribution in [3.63, 3.8) is 0 Å². The summed E-state index contributed by atoms with van der Waals surface area (Å²) in [5.41, 5.74) is 0.230. The van der Waals surface area contributed by atoms with Gasteiger partial charge < -0.3 is 10.6 Å². The standard InChI is InChI=1S/C19H30N2O2/c1-4-5-9-14-20-17(22)19(2,3)18(23)21-15-10-13-16-11-7-6-8-12-16/h6-8,11-12H,4-5,9-10,13-15H2,1-3H3,(H,20,22)(H,21,23). The summed E-state index contributed by atoms with van der Waals surface area (Å²) in [5, 5.41) is 5.73. The molecule has 0 fully saturated rings. The fraction of sp³-hybridized carbons (Fsp3) is 0.579. The zero-order valence-electron chi connectivity index (χ0n) is 14.7. The fourth-order valence-electron chi connectivity index (χ4n) is 2.26. The Kier molecular flexibility index (Phi) is 8.38. The van der Waals surface area contributed by atoms with Gasteiger partial charge in [0, 0.05) is 13.1 Å². The lowest BCUT2D eigenvalue weighted by molar-refractivity contribution is -0.141. The largest absolute Gasteiger partial charge is 0.355 e. The molecule has 0 radical (unpaired) electrons. The van der Waals surface area contributed by atoms with Gasteiger partial charge in [0.1, 0.15) is 5.41 Å². The summed E-state index contributed by atoms with van der Waals surface area (Å²) in [4.78, 5) is 24.4. The van der Waals surface area contributed by atoms with Crippen LogP contribution in [0, 0.1) is 5.41 Å². The number of carbonyl (C=O) groups excluding carboxylic acids is 2. The van der Waals surface area contributed by atoms with Crippen LogP contribution in [0.1, 0.15) is 52.0 Å². The highest BCUT2D eigenvalue weighted by Crippen LogP contribution is 2.15. The van der Waals surface area contributed by atoms with Crippen molar-refractivity contribution in [2.24, 2.45) is 5.41 Å². The minimum absolute atomic E-state index is 0.200. The average Bonchev–Trinajstić information content (AvgIpc) is 2.56. The van der Waals surface area contributed by atoms with E-state index in [4.69, 9.17) is 0 Å². The molecule has 2 N–H and O–H groups in total. The fourth-order valence-corrected chi connectivity index (χ4v) is 2.26. The highest BCUT2D eigenvalue weighted by atomic mass is 16.2. The maximum absolute atomic E-state index is 12.2. The lowest BCUT2D eigenvalue weighted by Gasteiger charge is -2.22. The highest BCUT2D eigenvalue weighted by molar-refractivity contribution is 6.04. The Morgan fingerprint density at radius 1 is 0.913 bits per heavy atom. The second kappa shape index (κ2) is 10.0. The molecular formula is C19H30N2O2. The molecule has 4 nitrogen and oxygen atoms in total. The quantitative estimate of drug-likeness (QED) is 0.514. The Labute approximate surface area is 140 Å². The molecule has 0 aromatic heterocycles. The number of nitrogens with one attached hydrogen (secondary N) is 2. The van der Waals surface area contributed by atoms with Gasteiger partial charge in [0.25, 0.3) is 0 Å². The topological polar surface area (TPSA) is 58.2 Å². The van der Waals surface area contributed by atoms with E-state index in [1.807, 2.05) is 18.2 Å². The summed E-state index contributed by atoms with van der Waals surface area (Å²) in [6.07, 6.45) is 4.94. The van der Waals surface area contributed by atoms with E-state index in [-0.39, 0.29) is 11.8 Å². The van der Waals surface area contributed by atoms with E-state index in [2.05, 4.69) is 29.7 Å². The van der Waals surface area contributed by atoms with Gasteiger partial charge in [-0.3, -0.25) is 9.59 Å². The van der Waals surface area contributed by atoms with E-state index in [0.717, 1.165) is 32.1 Å². The number of amides is 2. The van der Waals surface area contributed by atoms with E-state index in [0.29, 0.717) is 13.1 Å². The lowest BCUT2D eigenvalue weighted by atomic mass is 9.91. The third-order valence-electron chi connectivity index (χ3n) is 3.97. The molecule has 0 spiro atoms. The second-order valence-electron chi connectivity index (χ2n) is 6.43. The maximum atomic E-state index is 12.2. The summed E-state index contributed by atoms with van der Waals surface area (Å²) >= 11 is 0. The molecular weight excluding hydrogens is 288 g/mol. The van der Waals surface area contributed by atoms with E-state index < -0.39 is 5.41 Å². The summed E-state index contributed by atoms with van der Waals surface area (Å²) in [6.45, 7) is 6.69. The zero-order chi connectivity index (χ0) is 17.1. The van der Waals surface area contributed by atoms with Crippen molar-refractivity contribution >= 4 is 11.8 Å². The molecule has 1 aromatic rings. The third-order valence-corrected chi connectivity index (χ3v) is 3.97. The van der Waals surface area contributed by atoms with Gasteiger partial charge in [-0.25, -0.2) is 0 Å². The number of benzene rings is 1. The maximum Gasteiger partial charge on any atom is 0.235 e. The van der Waals surface area contributed by atoms with Crippen molar-refractivity contribution in [1.29, 1.82) is 0 Å². The van der Waals surface area contributed by atoms with Crippen LogP contribution in [0.2, 0.25) is 0 Å². The molecule has 0 aliphatic rings. The third kappa shape index (κ3) is 6.85. The molecule has 0 unspecified atom stereocenters. The monoisotopic (exact) mass is 318 g/mol. The average molecular weight is 318 g/mol. The smallest absolute Gasteiger partial charge is 0.235 e. The van der Waals surface area contributed by atoms with Gasteiger partial charge in [0.15, 0.2) is 0 Å². The Hall–Kier alpha value is -1.84. The lowest BCUT2D eigenvalue weighted by Crippen LogP contribution is -2.48. The second-order valence-corrected chi connectivity index (χ2v) is 6.43. The van der Waals surface area contributed by atoms with E-state index >= 15 is 0 Å². The molecule has 0 saturated carbocycles. The SMILES string of the molecule is CCCCCNC(=O)C(C)(C)C(=O)NCCCc1ccccc1. The molecule has 23 heavy (non-hydrogen) atoms. The van der Waals surface area contributed by atoms with Crippen LogP contribution in [-0.4, -0.2) is 24.9 Å². The van der Waals surface area contributed by atoms with Crippen LogP contribution in [-0.2, 0) is 16.0 Å². The zero-order valence-corrected chi connectivity index (χ0v) is 14.7. The first kappa shape index (κ1) is 19.2. The number of aryl methyl sites for hydroxylation is 1. The Morgan fingerprint density at radius 3 is 2.04 bits per heavy atom. The Morgan fingerprint density at radius 2 is 1.48 bits per heavy atom. The van der Waals surface area contributed by atoms with Crippen molar-refractivity contribution in [2.45, 2.75) is 52.9 Å². The number of hydrogen-bond donors (Lipinski definition) is 2. The van der Waals surface area contributed by atoms with Crippen LogP contribution in [0.25, 0.3) is 0 Å². The van der Waals surface area contributed by atoms with E-state index in [1.165, 1.54) is 5.56 Å². The van der Waals surface area contributed by atoms with Crippen LogP contribution in [0.15, 0.2) is 30.3 Å². The molecule has 0 aliphatic carbocycles. The number of carbonyl (C=O) groups is 2. The molecule has 0 atom stereocenters. The van der Waals surface area contributed by atoms with Crippen molar-refractivity contribution < 1.29 is 9.59 Å². The van der Waals surface area contributed by atoms with Crippen LogP contribution in [0.3, 0.4) is 0 Å².